The Morgan fingerprint density at radius 3 is 3.14 bits per heavy atom. The van der Waals surface area contributed by atoms with Crippen LogP contribution in [0.15, 0.2) is 17.3 Å². The van der Waals surface area contributed by atoms with Gasteiger partial charge in [-0.1, -0.05) is 23.7 Å². The molecule has 0 heterocycles. The fraction of sp³-hybridized carbons (Fsp3) is 0.800. The monoisotopic (exact) mass is 195 g/mol. The Hall–Kier alpha value is -0.990. The largest absolute Gasteiger partial charge is 0.374 e. The van der Waals surface area contributed by atoms with E-state index in [4.69, 9.17) is 10.3 Å². The van der Waals surface area contributed by atoms with E-state index in [0.717, 1.165) is 25.7 Å². The second-order valence-corrected chi connectivity index (χ2v) is 3.55. The van der Waals surface area contributed by atoms with Crippen LogP contribution in [-0.2, 0) is 4.74 Å². The lowest BCUT2D eigenvalue weighted by Crippen LogP contribution is -2.24. The highest BCUT2D eigenvalue weighted by Gasteiger charge is 2.20. The molecule has 0 aliphatic heterocycles. The molecule has 0 bridgehead atoms. The van der Waals surface area contributed by atoms with Crippen LogP contribution in [0.1, 0.15) is 32.6 Å². The number of hydrogen-bond acceptors (Lipinski definition) is 2. The second-order valence-electron chi connectivity index (χ2n) is 3.55. The van der Waals surface area contributed by atoms with E-state index in [0.29, 0.717) is 6.61 Å². The zero-order valence-electron chi connectivity index (χ0n) is 8.59. The van der Waals surface area contributed by atoms with Crippen molar-refractivity contribution >= 4 is 0 Å². The van der Waals surface area contributed by atoms with Crippen molar-refractivity contribution in [3.05, 3.63) is 22.6 Å². The summed E-state index contributed by atoms with van der Waals surface area (Å²) in [6, 6.07) is 0.143. The van der Waals surface area contributed by atoms with Crippen LogP contribution in [0.5, 0.6) is 0 Å². The highest BCUT2D eigenvalue weighted by molar-refractivity contribution is 4.81. The molecule has 78 valence electrons. The molecule has 0 N–H and O–H groups in total. The van der Waals surface area contributed by atoms with Gasteiger partial charge in [0, 0.05) is 11.0 Å². The molecular formula is C10H17N3O. The number of azide groups is 1. The predicted molar refractivity (Wildman–Crippen MR) is 56.0 cm³/mol. The summed E-state index contributed by atoms with van der Waals surface area (Å²) >= 11 is 0. The van der Waals surface area contributed by atoms with Crippen molar-refractivity contribution in [2.24, 2.45) is 5.11 Å². The van der Waals surface area contributed by atoms with E-state index < -0.39 is 0 Å². The fourth-order valence-corrected chi connectivity index (χ4v) is 1.74. The highest BCUT2D eigenvalue weighted by Crippen LogP contribution is 2.23. The fourth-order valence-electron chi connectivity index (χ4n) is 1.74. The van der Waals surface area contributed by atoms with Gasteiger partial charge < -0.3 is 4.74 Å². The molecule has 0 aromatic carbocycles. The van der Waals surface area contributed by atoms with Crippen LogP contribution in [0.2, 0.25) is 0 Å². The number of ether oxygens (including phenoxy) is 1. The van der Waals surface area contributed by atoms with Crippen LogP contribution in [0, 0.1) is 0 Å². The SMILES string of the molecule is C/C=C/CO[C@@H]1CCC[C@@H](N=[N+]=[N-])C1. The molecule has 0 unspecified atom stereocenters. The van der Waals surface area contributed by atoms with E-state index in [1.54, 1.807) is 0 Å². The molecule has 0 spiro atoms. The number of nitrogens with zero attached hydrogens (tertiary/aromatic N) is 3. The summed E-state index contributed by atoms with van der Waals surface area (Å²) in [6.07, 6.45) is 8.33. The highest BCUT2D eigenvalue weighted by atomic mass is 16.5. The molecule has 1 aliphatic rings. The first kappa shape index (κ1) is 11.1. The zero-order valence-corrected chi connectivity index (χ0v) is 8.59. The Labute approximate surface area is 84.6 Å². The van der Waals surface area contributed by atoms with Crippen LogP contribution < -0.4 is 0 Å². The molecule has 0 amide bonds. The molecule has 0 aromatic heterocycles. The first-order chi connectivity index (χ1) is 6.86. The predicted octanol–water partition coefficient (Wildman–Crippen LogP) is 3.20. The lowest BCUT2D eigenvalue weighted by Gasteiger charge is -2.25. The summed E-state index contributed by atoms with van der Waals surface area (Å²) in [5.74, 6) is 0. The first-order valence-electron chi connectivity index (χ1n) is 5.13. The van der Waals surface area contributed by atoms with E-state index >= 15 is 0 Å². The molecule has 1 saturated carbocycles. The van der Waals surface area contributed by atoms with Crippen molar-refractivity contribution in [2.75, 3.05) is 6.61 Å². The third kappa shape index (κ3) is 3.81. The number of rotatable bonds is 4. The van der Waals surface area contributed by atoms with Gasteiger partial charge in [0.15, 0.2) is 0 Å². The molecule has 0 radical (unpaired) electrons. The van der Waals surface area contributed by atoms with Gasteiger partial charge in [-0.05, 0) is 31.7 Å². The van der Waals surface area contributed by atoms with Crippen molar-refractivity contribution < 1.29 is 4.74 Å². The quantitative estimate of drug-likeness (QED) is 0.294. The maximum absolute atomic E-state index is 8.33. The summed E-state index contributed by atoms with van der Waals surface area (Å²) in [5.41, 5.74) is 8.33. The average molecular weight is 195 g/mol. The minimum atomic E-state index is 0.143. The van der Waals surface area contributed by atoms with Gasteiger partial charge in [-0.15, -0.1) is 0 Å². The first-order valence-corrected chi connectivity index (χ1v) is 5.13. The van der Waals surface area contributed by atoms with Crippen molar-refractivity contribution in [1.82, 2.24) is 0 Å². The summed E-state index contributed by atoms with van der Waals surface area (Å²) in [4.78, 5) is 2.85. The summed E-state index contributed by atoms with van der Waals surface area (Å²) < 4.78 is 5.63. The minimum Gasteiger partial charge on any atom is -0.374 e. The topological polar surface area (TPSA) is 58.0 Å². The smallest absolute Gasteiger partial charge is 0.0651 e. The molecule has 1 rings (SSSR count). The van der Waals surface area contributed by atoms with Gasteiger partial charge in [0.2, 0.25) is 0 Å². The summed E-state index contributed by atoms with van der Waals surface area (Å²) in [6.45, 7) is 2.65. The summed E-state index contributed by atoms with van der Waals surface area (Å²) in [7, 11) is 0. The Morgan fingerprint density at radius 1 is 1.57 bits per heavy atom. The minimum absolute atomic E-state index is 0.143. The molecular weight excluding hydrogens is 178 g/mol. The van der Waals surface area contributed by atoms with E-state index in [9.17, 15) is 0 Å². The van der Waals surface area contributed by atoms with Gasteiger partial charge in [0.05, 0.1) is 12.7 Å². The molecule has 4 heteroatoms. The van der Waals surface area contributed by atoms with Crippen LogP contribution in [0.4, 0.5) is 0 Å². The van der Waals surface area contributed by atoms with Gasteiger partial charge in [-0.2, -0.15) is 0 Å². The molecule has 1 aliphatic carbocycles. The van der Waals surface area contributed by atoms with E-state index in [1.165, 1.54) is 0 Å². The standard InChI is InChI=1S/C10H17N3O/c1-2-3-7-14-10-6-4-5-9(8-10)12-13-11/h2-3,9-10H,4-8H2,1H3/b3-2+/t9-,10-/m1/s1. The molecule has 1 fully saturated rings. The Kier molecular flexibility index (Phi) is 5.12. The zero-order chi connectivity index (χ0) is 10.2. The van der Waals surface area contributed by atoms with Crippen molar-refractivity contribution in [1.29, 1.82) is 0 Å². The lowest BCUT2D eigenvalue weighted by atomic mass is 9.93. The van der Waals surface area contributed by atoms with Gasteiger partial charge in [-0.3, -0.25) is 0 Å². The van der Waals surface area contributed by atoms with Gasteiger partial charge in [0.1, 0.15) is 0 Å². The van der Waals surface area contributed by atoms with Crippen molar-refractivity contribution in [3.8, 4) is 0 Å². The van der Waals surface area contributed by atoms with Crippen LogP contribution in [-0.4, -0.2) is 18.8 Å². The van der Waals surface area contributed by atoms with Gasteiger partial charge in [0.25, 0.3) is 0 Å². The summed E-state index contributed by atoms with van der Waals surface area (Å²) in [5, 5.41) is 3.74. The number of hydrogen-bond donors (Lipinski definition) is 0. The lowest BCUT2D eigenvalue weighted by molar-refractivity contribution is 0.0410. The van der Waals surface area contributed by atoms with Gasteiger partial charge >= 0.3 is 0 Å². The second kappa shape index (κ2) is 6.46. The average Bonchev–Trinajstić information content (AvgIpc) is 2.19. The van der Waals surface area contributed by atoms with Crippen molar-refractivity contribution in [3.63, 3.8) is 0 Å². The van der Waals surface area contributed by atoms with Crippen LogP contribution in [0.3, 0.4) is 0 Å². The van der Waals surface area contributed by atoms with E-state index in [1.807, 2.05) is 19.1 Å². The third-order valence-electron chi connectivity index (χ3n) is 2.48. The maximum atomic E-state index is 8.33. The molecule has 0 aromatic rings. The third-order valence-corrected chi connectivity index (χ3v) is 2.48. The normalized spacial score (nSPS) is 27.5. The van der Waals surface area contributed by atoms with E-state index in [2.05, 4.69) is 10.0 Å². The van der Waals surface area contributed by atoms with Crippen molar-refractivity contribution in [2.45, 2.75) is 44.8 Å². The molecule has 0 saturated heterocycles. The van der Waals surface area contributed by atoms with Crippen LogP contribution in [0.25, 0.3) is 10.4 Å². The van der Waals surface area contributed by atoms with E-state index in [-0.39, 0.29) is 12.1 Å². The maximum Gasteiger partial charge on any atom is 0.0651 e. The Bertz CT molecular complexity index is 234. The molecule has 2 atom stereocenters. The number of allylic oxidation sites excluding steroid dienone is 1. The molecule has 4 nitrogen and oxygen atoms in total. The Balaban J connectivity index is 2.28. The van der Waals surface area contributed by atoms with Crippen LogP contribution >= 0.6 is 0 Å². The van der Waals surface area contributed by atoms with Gasteiger partial charge in [-0.25, -0.2) is 0 Å². The molecule has 14 heavy (non-hydrogen) atoms. The Morgan fingerprint density at radius 2 is 2.43 bits per heavy atom.